The molecule has 8 heteroatoms. The average Bonchev–Trinajstić information content (AvgIpc) is 2.73. The summed E-state index contributed by atoms with van der Waals surface area (Å²) in [5, 5.41) is 4.47. The lowest BCUT2D eigenvalue weighted by Crippen LogP contribution is -2.49. The van der Waals surface area contributed by atoms with Gasteiger partial charge in [-0.3, -0.25) is 9.59 Å². The number of hydrogen-bond donors (Lipinski definition) is 1. The third-order valence-corrected chi connectivity index (χ3v) is 6.46. The van der Waals surface area contributed by atoms with Crippen LogP contribution in [0.3, 0.4) is 0 Å². The Hall–Kier alpha value is -1.40. The largest absolute Gasteiger partial charge is 0.354 e. The first-order valence-corrected chi connectivity index (χ1v) is 11.9. The van der Waals surface area contributed by atoms with E-state index >= 15 is 0 Å². The summed E-state index contributed by atoms with van der Waals surface area (Å²) in [6.07, 6.45) is 1.30. The second-order valence-electron chi connectivity index (χ2n) is 6.68. The Balaban J connectivity index is 2.25. The predicted octanol–water partition coefficient (Wildman–Crippen LogP) is 6.07. The molecule has 1 N–H and O–H groups in total. The van der Waals surface area contributed by atoms with Gasteiger partial charge >= 0.3 is 0 Å². The lowest BCUT2D eigenvalue weighted by molar-refractivity contribution is -0.139. The van der Waals surface area contributed by atoms with Gasteiger partial charge in [-0.15, -0.1) is 11.8 Å². The summed E-state index contributed by atoms with van der Waals surface area (Å²) < 4.78 is 0. The molecular weight excluding hydrogens is 463 g/mol. The average molecular weight is 488 g/mol. The lowest BCUT2D eigenvalue weighted by atomic mass is 10.1. The van der Waals surface area contributed by atoms with E-state index in [9.17, 15) is 9.59 Å². The number of nitrogens with zero attached hydrogens (tertiary/aromatic N) is 1. The van der Waals surface area contributed by atoms with E-state index in [0.29, 0.717) is 33.6 Å². The summed E-state index contributed by atoms with van der Waals surface area (Å²) >= 11 is 20.0. The smallest absolute Gasteiger partial charge is 0.242 e. The SMILES string of the molecule is CCCNC(=O)C(CC)N(Cc1c(Cl)cccc1Cl)C(=O)CSc1ccc(Cl)cc1. The summed E-state index contributed by atoms with van der Waals surface area (Å²) in [7, 11) is 0. The molecule has 2 aromatic carbocycles. The third kappa shape index (κ3) is 7.09. The highest BCUT2D eigenvalue weighted by molar-refractivity contribution is 8.00. The summed E-state index contributed by atoms with van der Waals surface area (Å²) in [6, 6.07) is 11.9. The van der Waals surface area contributed by atoms with Crippen molar-refractivity contribution in [3.8, 4) is 0 Å². The van der Waals surface area contributed by atoms with Crippen molar-refractivity contribution in [2.75, 3.05) is 12.3 Å². The topological polar surface area (TPSA) is 49.4 Å². The zero-order chi connectivity index (χ0) is 22.1. The Labute approximate surface area is 197 Å². The summed E-state index contributed by atoms with van der Waals surface area (Å²) in [5.74, 6) is -0.154. The molecule has 4 nitrogen and oxygen atoms in total. The minimum absolute atomic E-state index is 0.163. The van der Waals surface area contributed by atoms with E-state index in [4.69, 9.17) is 34.8 Å². The molecule has 2 rings (SSSR count). The molecular formula is C22H25Cl3N2O2S. The van der Waals surface area contributed by atoms with Gasteiger partial charge in [0, 0.05) is 38.6 Å². The van der Waals surface area contributed by atoms with Crippen LogP contribution < -0.4 is 5.32 Å². The Morgan fingerprint density at radius 1 is 1.03 bits per heavy atom. The van der Waals surface area contributed by atoms with Gasteiger partial charge in [-0.05, 0) is 49.2 Å². The van der Waals surface area contributed by atoms with Crippen LogP contribution in [-0.4, -0.2) is 35.1 Å². The Morgan fingerprint density at radius 2 is 1.67 bits per heavy atom. The first kappa shape index (κ1) is 24.9. The quantitative estimate of drug-likeness (QED) is 0.414. The molecule has 2 aromatic rings. The fourth-order valence-corrected chi connectivity index (χ4v) is 4.33. The lowest BCUT2D eigenvalue weighted by Gasteiger charge is -2.31. The van der Waals surface area contributed by atoms with Crippen LogP contribution in [0, 0.1) is 0 Å². The maximum Gasteiger partial charge on any atom is 0.242 e. The van der Waals surface area contributed by atoms with Crippen LogP contribution in [0.5, 0.6) is 0 Å². The summed E-state index contributed by atoms with van der Waals surface area (Å²) in [4.78, 5) is 28.5. The molecule has 2 amide bonds. The molecule has 162 valence electrons. The van der Waals surface area contributed by atoms with Crippen LogP contribution in [0.2, 0.25) is 15.1 Å². The van der Waals surface area contributed by atoms with Crippen molar-refractivity contribution in [2.45, 2.75) is 44.2 Å². The van der Waals surface area contributed by atoms with Gasteiger partial charge in [0.1, 0.15) is 6.04 Å². The molecule has 1 atom stereocenters. The number of rotatable bonds is 10. The Morgan fingerprint density at radius 3 is 2.23 bits per heavy atom. The van der Waals surface area contributed by atoms with Crippen molar-refractivity contribution in [1.29, 1.82) is 0 Å². The monoisotopic (exact) mass is 486 g/mol. The van der Waals surface area contributed by atoms with Gasteiger partial charge in [0.05, 0.1) is 5.75 Å². The fourth-order valence-electron chi connectivity index (χ4n) is 2.90. The van der Waals surface area contributed by atoms with Gasteiger partial charge in [0.25, 0.3) is 0 Å². The van der Waals surface area contributed by atoms with Gasteiger partial charge in [-0.25, -0.2) is 0 Å². The summed E-state index contributed by atoms with van der Waals surface area (Å²) in [6.45, 7) is 4.59. The highest BCUT2D eigenvalue weighted by Crippen LogP contribution is 2.28. The molecule has 0 saturated carbocycles. The van der Waals surface area contributed by atoms with Crippen molar-refractivity contribution in [3.05, 3.63) is 63.1 Å². The van der Waals surface area contributed by atoms with Crippen LogP contribution in [-0.2, 0) is 16.1 Å². The molecule has 0 heterocycles. The number of nitrogens with one attached hydrogen (secondary N) is 1. The minimum atomic E-state index is -0.609. The first-order valence-electron chi connectivity index (χ1n) is 9.75. The maximum absolute atomic E-state index is 13.2. The van der Waals surface area contributed by atoms with Gasteiger partial charge in [-0.2, -0.15) is 0 Å². The number of halogens is 3. The van der Waals surface area contributed by atoms with E-state index in [1.807, 2.05) is 26.0 Å². The standard InChI is InChI=1S/C22H25Cl3N2O2S/c1-3-12-26-22(29)20(4-2)27(13-17-18(24)6-5-7-19(17)25)21(28)14-30-16-10-8-15(23)9-11-16/h5-11,20H,3-4,12-14H2,1-2H3,(H,26,29). The van der Waals surface area contributed by atoms with Crippen molar-refractivity contribution in [3.63, 3.8) is 0 Å². The molecule has 0 aliphatic rings. The molecule has 0 aliphatic heterocycles. The zero-order valence-electron chi connectivity index (χ0n) is 17.0. The molecule has 1 unspecified atom stereocenters. The van der Waals surface area contributed by atoms with E-state index < -0.39 is 6.04 Å². The van der Waals surface area contributed by atoms with Crippen LogP contribution >= 0.6 is 46.6 Å². The van der Waals surface area contributed by atoms with Gasteiger partial charge in [0.2, 0.25) is 11.8 Å². The molecule has 0 radical (unpaired) electrons. The molecule has 0 spiro atoms. The molecule has 0 saturated heterocycles. The normalized spacial score (nSPS) is 11.8. The minimum Gasteiger partial charge on any atom is -0.354 e. The number of hydrogen-bond acceptors (Lipinski definition) is 3. The van der Waals surface area contributed by atoms with E-state index in [1.165, 1.54) is 11.8 Å². The maximum atomic E-state index is 13.2. The predicted molar refractivity (Wildman–Crippen MR) is 127 cm³/mol. The van der Waals surface area contributed by atoms with Crippen LogP contribution in [0.25, 0.3) is 0 Å². The van der Waals surface area contributed by atoms with E-state index in [0.717, 1.165) is 11.3 Å². The molecule has 0 aliphatic carbocycles. The second kappa shape index (κ2) is 12.5. The summed E-state index contributed by atoms with van der Waals surface area (Å²) in [5.41, 5.74) is 0.632. The first-order chi connectivity index (χ1) is 14.4. The van der Waals surface area contributed by atoms with Crippen LogP contribution in [0.1, 0.15) is 32.3 Å². The Bertz CT molecular complexity index is 842. The molecule has 0 bridgehead atoms. The highest BCUT2D eigenvalue weighted by atomic mass is 35.5. The number of carbonyl (C=O) groups excluding carboxylic acids is 2. The molecule has 0 fully saturated rings. The van der Waals surface area contributed by atoms with E-state index in [1.54, 1.807) is 35.2 Å². The number of thioether (sulfide) groups is 1. The van der Waals surface area contributed by atoms with Crippen molar-refractivity contribution in [2.24, 2.45) is 0 Å². The Kier molecular flexibility index (Phi) is 10.3. The van der Waals surface area contributed by atoms with Crippen molar-refractivity contribution < 1.29 is 9.59 Å². The van der Waals surface area contributed by atoms with E-state index in [2.05, 4.69) is 5.32 Å². The number of amides is 2. The number of carbonyl (C=O) groups is 2. The zero-order valence-corrected chi connectivity index (χ0v) is 20.0. The van der Waals surface area contributed by atoms with Crippen molar-refractivity contribution >= 4 is 58.4 Å². The third-order valence-electron chi connectivity index (χ3n) is 4.50. The van der Waals surface area contributed by atoms with Crippen LogP contribution in [0.15, 0.2) is 47.4 Å². The van der Waals surface area contributed by atoms with Gasteiger partial charge in [0.15, 0.2) is 0 Å². The van der Waals surface area contributed by atoms with Crippen molar-refractivity contribution in [1.82, 2.24) is 10.2 Å². The number of benzene rings is 2. The second-order valence-corrected chi connectivity index (χ2v) is 8.98. The van der Waals surface area contributed by atoms with Gasteiger partial charge < -0.3 is 10.2 Å². The molecule has 0 aromatic heterocycles. The van der Waals surface area contributed by atoms with E-state index in [-0.39, 0.29) is 24.1 Å². The molecule has 30 heavy (non-hydrogen) atoms. The fraction of sp³-hybridized carbons (Fsp3) is 0.364. The van der Waals surface area contributed by atoms with Crippen LogP contribution in [0.4, 0.5) is 0 Å². The highest BCUT2D eigenvalue weighted by Gasteiger charge is 2.29. The van der Waals surface area contributed by atoms with Gasteiger partial charge in [-0.1, -0.05) is 54.7 Å².